The molecule has 0 aliphatic heterocycles. The van der Waals surface area contributed by atoms with Gasteiger partial charge in [-0.3, -0.25) is 0 Å². The summed E-state index contributed by atoms with van der Waals surface area (Å²) in [6.07, 6.45) is 9.88. The summed E-state index contributed by atoms with van der Waals surface area (Å²) in [6, 6.07) is 10.1. The molecule has 150 valence electrons. The lowest BCUT2D eigenvalue weighted by Crippen LogP contribution is -2.11. The third-order valence-electron chi connectivity index (χ3n) is 5.33. The Morgan fingerprint density at radius 2 is 1.96 bits per heavy atom. The van der Waals surface area contributed by atoms with Gasteiger partial charge in [0.25, 0.3) is 0 Å². The fraction of sp³-hybridized carbons (Fsp3) is 0.478. The van der Waals surface area contributed by atoms with E-state index in [0.29, 0.717) is 17.2 Å². The van der Waals surface area contributed by atoms with E-state index in [4.69, 9.17) is 9.84 Å². The molecular formula is C23H30N2O3. The highest BCUT2D eigenvalue weighted by Crippen LogP contribution is 2.34. The predicted octanol–water partition coefficient (Wildman–Crippen LogP) is 5.59. The lowest BCUT2D eigenvalue weighted by atomic mass is 9.86. The van der Waals surface area contributed by atoms with Gasteiger partial charge in [0.05, 0.1) is 18.0 Å². The lowest BCUT2D eigenvalue weighted by Gasteiger charge is -2.22. The van der Waals surface area contributed by atoms with Gasteiger partial charge < -0.3 is 9.84 Å². The number of ether oxygens (including phenoxy) is 1. The molecule has 0 bridgehead atoms. The minimum Gasteiger partial charge on any atom is -0.494 e. The number of unbranched alkanes of at least 4 members (excludes halogenated alkanes) is 1. The summed E-state index contributed by atoms with van der Waals surface area (Å²) < 4.78 is 7.74. The molecule has 1 N–H and O–H groups in total. The van der Waals surface area contributed by atoms with E-state index >= 15 is 0 Å². The average molecular weight is 383 g/mol. The van der Waals surface area contributed by atoms with Crippen molar-refractivity contribution >= 4 is 12.0 Å². The maximum absolute atomic E-state index is 11.2. The Hall–Kier alpha value is -2.56. The van der Waals surface area contributed by atoms with Crippen molar-refractivity contribution in [2.45, 2.75) is 64.7 Å². The molecule has 1 aromatic carbocycles. The van der Waals surface area contributed by atoms with Crippen molar-refractivity contribution in [2.24, 2.45) is 0 Å². The van der Waals surface area contributed by atoms with Gasteiger partial charge in [0.2, 0.25) is 0 Å². The summed E-state index contributed by atoms with van der Waals surface area (Å²) in [6.45, 7) is 4.48. The predicted molar refractivity (Wildman–Crippen MR) is 111 cm³/mol. The average Bonchev–Trinajstić information content (AvgIpc) is 3.13. The molecule has 0 atom stereocenters. The largest absolute Gasteiger partial charge is 0.494 e. The van der Waals surface area contributed by atoms with Crippen LogP contribution in [0.3, 0.4) is 0 Å². The molecule has 1 aliphatic carbocycles. The summed E-state index contributed by atoms with van der Waals surface area (Å²) in [4.78, 5) is 11.2. The van der Waals surface area contributed by atoms with E-state index in [-0.39, 0.29) is 0 Å². The first-order valence-corrected chi connectivity index (χ1v) is 10.3. The molecule has 0 amide bonds. The molecule has 1 saturated carbocycles. The second kappa shape index (κ2) is 9.58. The summed E-state index contributed by atoms with van der Waals surface area (Å²) in [5.74, 6) is 0.418. The number of aromatic nitrogens is 2. The van der Waals surface area contributed by atoms with Crippen LogP contribution < -0.4 is 4.74 Å². The first-order valence-electron chi connectivity index (χ1n) is 10.3. The van der Waals surface area contributed by atoms with E-state index in [1.165, 1.54) is 25.0 Å². The van der Waals surface area contributed by atoms with Gasteiger partial charge in [-0.1, -0.05) is 32.6 Å². The Bertz CT molecular complexity index is 815. The number of carboxylic acids is 1. The Kier molecular flexibility index (Phi) is 6.90. The van der Waals surface area contributed by atoms with Crippen LogP contribution in [0.4, 0.5) is 0 Å². The zero-order valence-electron chi connectivity index (χ0n) is 16.9. The van der Waals surface area contributed by atoms with E-state index in [2.05, 4.69) is 6.92 Å². The van der Waals surface area contributed by atoms with Gasteiger partial charge in [-0.15, -0.1) is 0 Å². The summed E-state index contributed by atoms with van der Waals surface area (Å²) in [5.41, 5.74) is 3.14. The van der Waals surface area contributed by atoms with Crippen molar-refractivity contribution in [2.75, 3.05) is 6.61 Å². The number of rotatable bonds is 8. The minimum atomic E-state index is -0.914. The molecule has 28 heavy (non-hydrogen) atoms. The molecule has 1 aliphatic rings. The molecule has 1 heterocycles. The first kappa shape index (κ1) is 20.2. The van der Waals surface area contributed by atoms with Crippen LogP contribution in [0, 0.1) is 0 Å². The van der Waals surface area contributed by atoms with Gasteiger partial charge in [-0.2, -0.15) is 5.10 Å². The van der Waals surface area contributed by atoms with Gasteiger partial charge in [-0.05, 0) is 62.6 Å². The van der Waals surface area contributed by atoms with Crippen molar-refractivity contribution in [1.82, 2.24) is 9.78 Å². The Labute approximate surface area is 167 Å². The highest BCUT2D eigenvalue weighted by Gasteiger charge is 2.21. The quantitative estimate of drug-likeness (QED) is 0.478. The first-order chi connectivity index (χ1) is 13.6. The van der Waals surface area contributed by atoms with E-state index in [1.54, 1.807) is 13.0 Å². The van der Waals surface area contributed by atoms with Crippen LogP contribution >= 0.6 is 0 Å². The second-order valence-electron chi connectivity index (χ2n) is 7.57. The van der Waals surface area contributed by atoms with E-state index < -0.39 is 5.97 Å². The van der Waals surface area contributed by atoms with Crippen molar-refractivity contribution < 1.29 is 14.6 Å². The molecular weight excluding hydrogens is 352 g/mol. The maximum Gasteiger partial charge on any atom is 0.331 e. The number of hydrogen-bond acceptors (Lipinski definition) is 3. The second-order valence-corrected chi connectivity index (χ2v) is 7.57. The molecule has 3 rings (SSSR count). The topological polar surface area (TPSA) is 64.4 Å². The lowest BCUT2D eigenvalue weighted by molar-refractivity contribution is -0.132. The molecule has 0 radical (unpaired) electrons. The third kappa shape index (κ3) is 5.03. The molecule has 2 aromatic rings. The van der Waals surface area contributed by atoms with Gasteiger partial charge in [0.1, 0.15) is 5.75 Å². The highest BCUT2D eigenvalue weighted by atomic mass is 16.5. The van der Waals surface area contributed by atoms with E-state index in [9.17, 15) is 9.90 Å². The third-order valence-corrected chi connectivity index (χ3v) is 5.33. The molecule has 1 aromatic heterocycles. The molecule has 0 unspecified atom stereocenters. The van der Waals surface area contributed by atoms with Crippen molar-refractivity contribution in [3.05, 3.63) is 47.3 Å². The molecule has 0 spiro atoms. The number of nitrogens with zero attached hydrogens (tertiary/aromatic N) is 2. The van der Waals surface area contributed by atoms with Crippen LogP contribution in [0.25, 0.3) is 11.8 Å². The van der Waals surface area contributed by atoms with E-state index in [1.807, 2.05) is 35.0 Å². The smallest absolute Gasteiger partial charge is 0.331 e. The van der Waals surface area contributed by atoms with Gasteiger partial charge >= 0.3 is 5.97 Å². The molecule has 1 fully saturated rings. The Morgan fingerprint density at radius 1 is 1.25 bits per heavy atom. The van der Waals surface area contributed by atoms with Crippen LogP contribution in [0.15, 0.2) is 35.9 Å². The normalized spacial score (nSPS) is 15.6. The standard InChI is InChI=1S/C23H30N2O3/c1-3-4-14-28-21-12-10-20(11-13-21)25-22(18-8-6-5-7-9-18)16-19(24-25)15-17(2)23(26)27/h10-13,15-16,18H,3-9,14H2,1-2H3,(H,26,27)/b17-15+. The number of aliphatic carboxylic acids is 1. The fourth-order valence-electron chi connectivity index (χ4n) is 3.68. The van der Waals surface area contributed by atoms with Crippen LogP contribution in [0.5, 0.6) is 5.75 Å². The number of carbonyl (C=O) groups is 1. The summed E-state index contributed by atoms with van der Waals surface area (Å²) in [7, 11) is 0. The Balaban J connectivity index is 1.90. The number of benzene rings is 1. The zero-order chi connectivity index (χ0) is 19.9. The van der Waals surface area contributed by atoms with Gasteiger partial charge in [-0.25, -0.2) is 9.48 Å². The number of hydrogen-bond donors (Lipinski definition) is 1. The van der Waals surface area contributed by atoms with Crippen molar-refractivity contribution in [1.29, 1.82) is 0 Å². The van der Waals surface area contributed by atoms with Gasteiger partial charge in [0.15, 0.2) is 0 Å². The van der Waals surface area contributed by atoms with Crippen LogP contribution in [-0.4, -0.2) is 27.5 Å². The fourth-order valence-corrected chi connectivity index (χ4v) is 3.68. The minimum absolute atomic E-state index is 0.291. The van der Waals surface area contributed by atoms with Crippen molar-refractivity contribution in [3.63, 3.8) is 0 Å². The van der Waals surface area contributed by atoms with E-state index in [0.717, 1.165) is 43.7 Å². The number of carboxylic acid groups (broad SMARTS) is 1. The maximum atomic E-state index is 11.2. The zero-order valence-corrected chi connectivity index (χ0v) is 16.9. The highest BCUT2D eigenvalue weighted by molar-refractivity contribution is 5.91. The van der Waals surface area contributed by atoms with Crippen LogP contribution in [0.1, 0.15) is 76.1 Å². The molecule has 5 nitrogen and oxygen atoms in total. The van der Waals surface area contributed by atoms with Crippen molar-refractivity contribution in [3.8, 4) is 11.4 Å². The summed E-state index contributed by atoms with van der Waals surface area (Å²) in [5, 5.41) is 13.9. The monoisotopic (exact) mass is 382 g/mol. The molecule has 0 saturated heterocycles. The SMILES string of the molecule is CCCCOc1ccc(-n2nc(/C=C(\C)C(=O)O)cc2C2CCCCC2)cc1. The van der Waals surface area contributed by atoms with Gasteiger partial charge in [0, 0.05) is 17.2 Å². The Morgan fingerprint density at radius 3 is 2.61 bits per heavy atom. The van der Waals surface area contributed by atoms with Crippen LogP contribution in [0.2, 0.25) is 0 Å². The summed E-state index contributed by atoms with van der Waals surface area (Å²) >= 11 is 0. The van der Waals surface area contributed by atoms with Crippen LogP contribution in [-0.2, 0) is 4.79 Å². The molecule has 5 heteroatoms.